The van der Waals surface area contributed by atoms with Gasteiger partial charge in [-0.15, -0.1) is 0 Å². The fourth-order valence-corrected chi connectivity index (χ4v) is 5.98. The van der Waals surface area contributed by atoms with Crippen LogP contribution in [0, 0.1) is 6.92 Å². The van der Waals surface area contributed by atoms with Gasteiger partial charge in [-0.25, -0.2) is 8.42 Å². The Bertz CT molecular complexity index is 1440. The van der Waals surface area contributed by atoms with E-state index < -0.39 is 34.1 Å². The molecule has 3 rings (SSSR count). The van der Waals surface area contributed by atoms with E-state index in [1.54, 1.807) is 55.5 Å². The summed E-state index contributed by atoms with van der Waals surface area (Å²) in [7, 11) is -4.17. The van der Waals surface area contributed by atoms with Gasteiger partial charge in [0, 0.05) is 22.1 Å². The molecule has 0 fully saturated rings. The van der Waals surface area contributed by atoms with Crippen LogP contribution in [0.25, 0.3) is 0 Å². The van der Waals surface area contributed by atoms with E-state index in [1.807, 2.05) is 27.7 Å². The van der Waals surface area contributed by atoms with Gasteiger partial charge in [0.25, 0.3) is 10.0 Å². The molecule has 3 aromatic carbocycles. The van der Waals surface area contributed by atoms with Gasteiger partial charge in [0.15, 0.2) is 0 Å². The standard InChI is InChI=1S/C30H35Cl2N3O4S/c1-6-26(29(37)33-30(3,4)5)34(19-22-11-13-23(31)14-12-22)28(36)20-35(27-10-8-7-9-21(27)2)40(38,39)25-17-15-24(32)16-18-25/h7-18,26H,6,19-20H2,1-5H3,(H,33,37)/t26-/m1/s1. The van der Waals surface area contributed by atoms with Crippen molar-refractivity contribution in [3.8, 4) is 0 Å². The third kappa shape index (κ3) is 7.99. The van der Waals surface area contributed by atoms with Crippen LogP contribution in [0.4, 0.5) is 5.69 Å². The summed E-state index contributed by atoms with van der Waals surface area (Å²) in [6.07, 6.45) is 0.329. The van der Waals surface area contributed by atoms with Crippen molar-refractivity contribution in [3.05, 3.63) is 94.0 Å². The number of para-hydroxylation sites is 1. The van der Waals surface area contributed by atoms with Gasteiger partial charge in [-0.05, 0) is 87.7 Å². The van der Waals surface area contributed by atoms with Crippen LogP contribution in [-0.4, -0.2) is 43.3 Å². The number of carbonyl (C=O) groups is 2. The molecule has 0 aliphatic heterocycles. The van der Waals surface area contributed by atoms with Crippen molar-refractivity contribution in [2.24, 2.45) is 0 Å². The minimum absolute atomic E-state index is 0.00489. The zero-order chi connectivity index (χ0) is 29.7. The molecule has 7 nitrogen and oxygen atoms in total. The molecule has 10 heteroatoms. The van der Waals surface area contributed by atoms with Gasteiger partial charge < -0.3 is 10.2 Å². The Balaban J connectivity index is 2.08. The van der Waals surface area contributed by atoms with E-state index >= 15 is 0 Å². The van der Waals surface area contributed by atoms with Gasteiger partial charge in [0.05, 0.1) is 10.6 Å². The number of nitrogens with one attached hydrogen (secondary N) is 1. The van der Waals surface area contributed by atoms with Crippen LogP contribution in [0.1, 0.15) is 45.2 Å². The van der Waals surface area contributed by atoms with E-state index in [4.69, 9.17) is 23.2 Å². The summed E-state index contributed by atoms with van der Waals surface area (Å²) in [5.41, 5.74) is 1.27. The molecule has 40 heavy (non-hydrogen) atoms. The minimum atomic E-state index is -4.17. The highest BCUT2D eigenvalue weighted by Gasteiger charge is 2.35. The number of amides is 2. The van der Waals surface area contributed by atoms with Crippen molar-refractivity contribution in [3.63, 3.8) is 0 Å². The summed E-state index contributed by atoms with van der Waals surface area (Å²) in [4.78, 5) is 28.9. The van der Waals surface area contributed by atoms with E-state index in [1.165, 1.54) is 29.2 Å². The normalized spacial score (nSPS) is 12.5. The van der Waals surface area contributed by atoms with Crippen LogP contribution < -0.4 is 9.62 Å². The van der Waals surface area contributed by atoms with Crippen molar-refractivity contribution in [1.29, 1.82) is 0 Å². The van der Waals surface area contributed by atoms with Crippen molar-refractivity contribution >= 4 is 50.7 Å². The van der Waals surface area contributed by atoms with Crippen LogP contribution in [0.3, 0.4) is 0 Å². The summed E-state index contributed by atoms with van der Waals surface area (Å²) >= 11 is 12.1. The van der Waals surface area contributed by atoms with Crippen LogP contribution in [0.15, 0.2) is 77.7 Å². The summed E-state index contributed by atoms with van der Waals surface area (Å²) in [5.74, 6) is -0.841. The number of halogens is 2. The average Bonchev–Trinajstić information content (AvgIpc) is 2.88. The largest absolute Gasteiger partial charge is 0.350 e. The predicted molar refractivity (Wildman–Crippen MR) is 161 cm³/mol. The van der Waals surface area contributed by atoms with Gasteiger partial charge in [0.2, 0.25) is 11.8 Å². The second-order valence-corrected chi connectivity index (χ2v) is 13.3. The minimum Gasteiger partial charge on any atom is -0.350 e. The third-order valence-corrected chi connectivity index (χ3v) is 8.49. The monoisotopic (exact) mass is 603 g/mol. The zero-order valence-corrected chi connectivity index (χ0v) is 25.6. The first-order chi connectivity index (χ1) is 18.7. The number of carbonyl (C=O) groups excluding carboxylic acids is 2. The topological polar surface area (TPSA) is 86.8 Å². The van der Waals surface area contributed by atoms with Crippen molar-refractivity contribution in [1.82, 2.24) is 10.2 Å². The van der Waals surface area contributed by atoms with Gasteiger partial charge >= 0.3 is 0 Å². The smallest absolute Gasteiger partial charge is 0.264 e. The van der Waals surface area contributed by atoms with E-state index in [-0.39, 0.29) is 17.3 Å². The molecular weight excluding hydrogens is 569 g/mol. The highest BCUT2D eigenvalue weighted by Crippen LogP contribution is 2.28. The number of hydrogen-bond acceptors (Lipinski definition) is 4. The molecule has 1 N–H and O–H groups in total. The number of rotatable bonds is 10. The van der Waals surface area contributed by atoms with Gasteiger partial charge in [-0.3, -0.25) is 13.9 Å². The van der Waals surface area contributed by atoms with E-state index in [2.05, 4.69) is 5.32 Å². The first-order valence-corrected chi connectivity index (χ1v) is 15.1. The van der Waals surface area contributed by atoms with Crippen molar-refractivity contribution in [2.45, 2.75) is 64.1 Å². The van der Waals surface area contributed by atoms with Crippen molar-refractivity contribution in [2.75, 3.05) is 10.8 Å². The third-order valence-electron chi connectivity index (χ3n) is 6.21. The van der Waals surface area contributed by atoms with Gasteiger partial charge in [-0.1, -0.05) is 60.5 Å². The summed E-state index contributed by atoms with van der Waals surface area (Å²) in [6.45, 7) is 8.77. The Morgan fingerprint density at radius 2 is 1.45 bits per heavy atom. The number of aryl methyl sites for hydroxylation is 1. The molecule has 0 radical (unpaired) electrons. The van der Waals surface area contributed by atoms with Crippen LogP contribution in [0.5, 0.6) is 0 Å². The average molecular weight is 605 g/mol. The molecular formula is C30H35Cl2N3O4S. The fraction of sp³-hybridized carbons (Fsp3) is 0.333. The lowest BCUT2D eigenvalue weighted by Gasteiger charge is -2.35. The molecule has 0 bridgehead atoms. The van der Waals surface area contributed by atoms with Gasteiger partial charge in [-0.2, -0.15) is 0 Å². The molecule has 0 spiro atoms. The Kier molecular flexibility index (Phi) is 10.3. The second kappa shape index (κ2) is 13.1. The Morgan fingerprint density at radius 1 is 0.900 bits per heavy atom. The predicted octanol–water partition coefficient (Wildman–Crippen LogP) is 6.22. The lowest BCUT2D eigenvalue weighted by molar-refractivity contribution is -0.141. The van der Waals surface area contributed by atoms with Crippen LogP contribution in [0.2, 0.25) is 10.0 Å². The fourth-order valence-electron chi connectivity index (χ4n) is 4.25. The first kappa shape index (κ1) is 31.5. The molecule has 0 saturated heterocycles. The number of nitrogens with zero attached hydrogens (tertiary/aromatic N) is 2. The molecule has 1 atom stereocenters. The number of benzene rings is 3. The highest BCUT2D eigenvalue weighted by molar-refractivity contribution is 7.92. The first-order valence-electron chi connectivity index (χ1n) is 12.9. The lowest BCUT2D eigenvalue weighted by Crippen LogP contribution is -2.55. The molecule has 0 unspecified atom stereocenters. The molecule has 2 amide bonds. The second-order valence-electron chi connectivity index (χ2n) is 10.6. The molecule has 3 aromatic rings. The summed E-state index contributed by atoms with van der Waals surface area (Å²) in [5, 5.41) is 3.89. The molecule has 0 saturated carbocycles. The molecule has 0 heterocycles. The number of hydrogen-bond donors (Lipinski definition) is 1. The van der Waals surface area contributed by atoms with Crippen LogP contribution >= 0.6 is 23.2 Å². The lowest BCUT2D eigenvalue weighted by atomic mass is 10.1. The SMILES string of the molecule is CC[C@H](C(=O)NC(C)(C)C)N(Cc1ccc(Cl)cc1)C(=O)CN(c1ccccc1C)S(=O)(=O)c1ccc(Cl)cc1. The summed E-state index contributed by atoms with van der Waals surface area (Å²) in [6, 6.07) is 18.9. The Hall–Kier alpha value is -3.07. The molecule has 0 aliphatic rings. The van der Waals surface area contributed by atoms with Crippen molar-refractivity contribution < 1.29 is 18.0 Å². The van der Waals surface area contributed by atoms with E-state index in [0.29, 0.717) is 27.7 Å². The van der Waals surface area contributed by atoms with Gasteiger partial charge in [0.1, 0.15) is 12.6 Å². The maximum Gasteiger partial charge on any atom is 0.264 e. The number of sulfonamides is 1. The summed E-state index contributed by atoms with van der Waals surface area (Å²) < 4.78 is 29.0. The van der Waals surface area contributed by atoms with E-state index in [0.717, 1.165) is 9.87 Å². The molecule has 214 valence electrons. The maximum absolute atomic E-state index is 14.1. The zero-order valence-electron chi connectivity index (χ0n) is 23.3. The highest BCUT2D eigenvalue weighted by atomic mass is 35.5. The quantitative estimate of drug-likeness (QED) is 0.298. The molecule has 0 aromatic heterocycles. The number of anilines is 1. The Morgan fingerprint density at radius 3 is 1.98 bits per heavy atom. The maximum atomic E-state index is 14.1. The Labute approximate surface area is 247 Å². The molecule has 0 aliphatic carbocycles. The van der Waals surface area contributed by atoms with E-state index in [9.17, 15) is 18.0 Å². The van der Waals surface area contributed by atoms with Crippen LogP contribution in [-0.2, 0) is 26.2 Å².